The number of nitrogens with two attached hydrogens (primary N) is 1. The molecule has 0 aromatic carbocycles. The van der Waals surface area contributed by atoms with Crippen molar-refractivity contribution < 1.29 is 0 Å². The Morgan fingerprint density at radius 1 is 1.60 bits per heavy atom. The molecule has 3 N–H and O–H groups in total. The van der Waals surface area contributed by atoms with Gasteiger partial charge in [0.05, 0.1) is 0 Å². The maximum atomic E-state index is 11.8. The molecule has 0 saturated heterocycles. The predicted octanol–water partition coefficient (Wildman–Crippen LogP) is 0.414. The van der Waals surface area contributed by atoms with Gasteiger partial charge in [-0.05, 0) is 19.4 Å². The van der Waals surface area contributed by atoms with Gasteiger partial charge >= 0.3 is 0 Å². The molecule has 0 aliphatic carbocycles. The lowest BCUT2D eigenvalue weighted by atomic mass is 10.4. The maximum Gasteiger partial charge on any atom is 0.293 e. The molecule has 5 nitrogen and oxygen atoms in total. The SMILES string of the molecule is CCCn1ccnc(NCCCN)c1=O. The molecule has 0 atom stereocenters. The van der Waals surface area contributed by atoms with E-state index in [9.17, 15) is 4.79 Å². The van der Waals surface area contributed by atoms with E-state index in [0.717, 1.165) is 19.4 Å². The molecule has 1 aromatic rings. The standard InChI is InChI=1S/C10H18N4O/c1-2-7-14-8-6-13-9(10(14)15)12-5-3-4-11/h6,8H,2-5,7,11H2,1H3,(H,12,13). The average Bonchev–Trinajstić information content (AvgIpc) is 2.24. The Morgan fingerprint density at radius 3 is 3.07 bits per heavy atom. The first kappa shape index (κ1) is 11.7. The highest BCUT2D eigenvalue weighted by Crippen LogP contribution is 1.94. The summed E-state index contributed by atoms with van der Waals surface area (Å²) in [7, 11) is 0. The molecule has 84 valence electrons. The van der Waals surface area contributed by atoms with Crippen molar-refractivity contribution in [1.82, 2.24) is 9.55 Å². The van der Waals surface area contributed by atoms with E-state index < -0.39 is 0 Å². The largest absolute Gasteiger partial charge is 0.365 e. The van der Waals surface area contributed by atoms with Gasteiger partial charge in [0, 0.05) is 25.5 Å². The Kier molecular flexibility index (Phi) is 4.83. The molecule has 0 fully saturated rings. The fourth-order valence-electron chi connectivity index (χ4n) is 1.29. The van der Waals surface area contributed by atoms with Crippen LogP contribution in [0.1, 0.15) is 19.8 Å². The van der Waals surface area contributed by atoms with E-state index >= 15 is 0 Å². The Hall–Kier alpha value is -1.36. The van der Waals surface area contributed by atoms with Crippen molar-refractivity contribution in [3.63, 3.8) is 0 Å². The van der Waals surface area contributed by atoms with Crippen LogP contribution in [0.15, 0.2) is 17.2 Å². The summed E-state index contributed by atoms with van der Waals surface area (Å²) in [6.07, 6.45) is 5.12. The zero-order valence-electron chi connectivity index (χ0n) is 9.07. The number of hydrogen-bond donors (Lipinski definition) is 2. The summed E-state index contributed by atoms with van der Waals surface area (Å²) >= 11 is 0. The monoisotopic (exact) mass is 210 g/mol. The number of aryl methyl sites for hydroxylation is 1. The van der Waals surface area contributed by atoms with Crippen molar-refractivity contribution in [1.29, 1.82) is 0 Å². The third kappa shape index (κ3) is 3.36. The molecule has 1 aromatic heterocycles. The highest BCUT2D eigenvalue weighted by molar-refractivity contribution is 5.30. The summed E-state index contributed by atoms with van der Waals surface area (Å²) in [6.45, 7) is 4.07. The van der Waals surface area contributed by atoms with Crippen LogP contribution in [0.5, 0.6) is 0 Å². The number of aromatic nitrogens is 2. The van der Waals surface area contributed by atoms with Crippen LogP contribution in [0.25, 0.3) is 0 Å². The van der Waals surface area contributed by atoms with E-state index in [1.54, 1.807) is 17.0 Å². The van der Waals surface area contributed by atoms with E-state index in [1.165, 1.54) is 0 Å². The lowest BCUT2D eigenvalue weighted by molar-refractivity contribution is 0.649. The van der Waals surface area contributed by atoms with Gasteiger partial charge in [0.15, 0.2) is 5.82 Å². The molecule has 0 radical (unpaired) electrons. The molecule has 0 aliphatic rings. The third-order valence-electron chi connectivity index (χ3n) is 2.05. The Balaban J connectivity index is 2.71. The number of nitrogens with zero attached hydrogens (tertiary/aromatic N) is 2. The number of hydrogen-bond acceptors (Lipinski definition) is 4. The second-order valence-corrected chi connectivity index (χ2v) is 3.34. The van der Waals surface area contributed by atoms with Gasteiger partial charge in [-0.15, -0.1) is 0 Å². The molecular weight excluding hydrogens is 192 g/mol. The zero-order chi connectivity index (χ0) is 11.1. The molecule has 0 bridgehead atoms. The fourth-order valence-corrected chi connectivity index (χ4v) is 1.29. The Bertz CT molecular complexity index is 348. The Labute approximate surface area is 89.3 Å². The van der Waals surface area contributed by atoms with Crippen molar-refractivity contribution in [2.45, 2.75) is 26.3 Å². The topological polar surface area (TPSA) is 72.9 Å². The summed E-state index contributed by atoms with van der Waals surface area (Å²) in [6, 6.07) is 0. The van der Waals surface area contributed by atoms with Crippen LogP contribution in [0, 0.1) is 0 Å². The van der Waals surface area contributed by atoms with Crippen molar-refractivity contribution in [2.75, 3.05) is 18.4 Å². The van der Waals surface area contributed by atoms with Crippen LogP contribution >= 0.6 is 0 Å². The second kappa shape index (κ2) is 6.19. The van der Waals surface area contributed by atoms with Crippen LogP contribution in [-0.2, 0) is 6.54 Å². The summed E-state index contributed by atoms with van der Waals surface area (Å²) in [5, 5.41) is 2.99. The smallest absolute Gasteiger partial charge is 0.293 e. The van der Waals surface area contributed by atoms with Gasteiger partial charge in [0.1, 0.15) is 0 Å². The average molecular weight is 210 g/mol. The minimum absolute atomic E-state index is 0.0589. The van der Waals surface area contributed by atoms with Crippen LogP contribution < -0.4 is 16.6 Å². The molecule has 0 unspecified atom stereocenters. The van der Waals surface area contributed by atoms with Crippen LogP contribution in [-0.4, -0.2) is 22.6 Å². The van der Waals surface area contributed by atoms with Crippen molar-refractivity contribution in [3.8, 4) is 0 Å². The molecule has 1 heterocycles. The Morgan fingerprint density at radius 2 is 2.40 bits per heavy atom. The molecule has 0 aliphatic heterocycles. The highest BCUT2D eigenvalue weighted by Gasteiger charge is 2.02. The van der Waals surface area contributed by atoms with E-state index in [1.807, 2.05) is 6.92 Å². The molecule has 1 rings (SSSR count). The summed E-state index contributed by atoms with van der Waals surface area (Å²) < 4.78 is 1.66. The lowest BCUT2D eigenvalue weighted by Crippen LogP contribution is -2.25. The van der Waals surface area contributed by atoms with E-state index in [-0.39, 0.29) is 5.56 Å². The van der Waals surface area contributed by atoms with E-state index in [4.69, 9.17) is 5.73 Å². The fraction of sp³-hybridized carbons (Fsp3) is 0.600. The first-order valence-electron chi connectivity index (χ1n) is 5.29. The molecule has 0 spiro atoms. The third-order valence-corrected chi connectivity index (χ3v) is 2.05. The molecule has 5 heteroatoms. The van der Waals surface area contributed by atoms with Gasteiger partial charge < -0.3 is 15.6 Å². The van der Waals surface area contributed by atoms with Crippen molar-refractivity contribution in [3.05, 3.63) is 22.7 Å². The zero-order valence-corrected chi connectivity index (χ0v) is 9.07. The van der Waals surface area contributed by atoms with Gasteiger partial charge in [0.2, 0.25) is 0 Å². The van der Waals surface area contributed by atoms with Gasteiger partial charge in [-0.25, -0.2) is 4.98 Å². The molecule has 0 amide bonds. The maximum absolute atomic E-state index is 11.8. The van der Waals surface area contributed by atoms with Gasteiger partial charge in [-0.3, -0.25) is 4.79 Å². The second-order valence-electron chi connectivity index (χ2n) is 3.34. The van der Waals surface area contributed by atoms with Crippen molar-refractivity contribution >= 4 is 5.82 Å². The quantitative estimate of drug-likeness (QED) is 0.667. The highest BCUT2D eigenvalue weighted by atomic mass is 16.1. The van der Waals surface area contributed by atoms with Crippen LogP contribution in [0.3, 0.4) is 0 Å². The van der Waals surface area contributed by atoms with E-state index in [0.29, 0.717) is 18.9 Å². The first-order valence-corrected chi connectivity index (χ1v) is 5.29. The van der Waals surface area contributed by atoms with Gasteiger partial charge in [0.25, 0.3) is 5.56 Å². The van der Waals surface area contributed by atoms with Crippen molar-refractivity contribution in [2.24, 2.45) is 5.73 Å². The van der Waals surface area contributed by atoms with E-state index in [2.05, 4.69) is 10.3 Å². The number of nitrogens with one attached hydrogen (secondary N) is 1. The van der Waals surface area contributed by atoms with Crippen LogP contribution in [0.4, 0.5) is 5.82 Å². The summed E-state index contributed by atoms with van der Waals surface area (Å²) in [4.78, 5) is 15.8. The van der Waals surface area contributed by atoms with Gasteiger partial charge in [-0.2, -0.15) is 0 Å². The summed E-state index contributed by atoms with van der Waals surface area (Å²) in [5.74, 6) is 0.416. The molecular formula is C10H18N4O. The normalized spacial score (nSPS) is 10.3. The van der Waals surface area contributed by atoms with Crippen LogP contribution in [0.2, 0.25) is 0 Å². The number of anilines is 1. The molecule has 15 heavy (non-hydrogen) atoms. The summed E-state index contributed by atoms with van der Waals surface area (Å²) in [5.41, 5.74) is 5.31. The minimum Gasteiger partial charge on any atom is -0.365 e. The van der Waals surface area contributed by atoms with Gasteiger partial charge in [-0.1, -0.05) is 6.92 Å². The lowest BCUT2D eigenvalue weighted by Gasteiger charge is -2.07. The molecule has 0 saturated carbocycles. The first-order chi connectivity index (χ1) is 7.29. The number of rotatable bonds is 6. The predicted molar refractivity (Wildman–Crippen MR) is 60.9 cm³/mol. The minimum atomic E-state index is -0.0589.